The van der Waals surface area contributed by atoms with Gasteiger partial charge in [0.05, 0.1) is 12.1 Å². The maximum atomic E-state index is 12.3. The molecule has 2 heterocycles. The first kappa shape index (κ1) is 13.0. The lowest BCUT2D eigenvalue weighted by Crippen LogP contribution is -2.31. The predicted molar refractivity (Wildman–Crippen MR) is 62.3 cm³/mol. The molecule has 0 amide bonds. The number of rotatable bonds is 3. The number of hydrogen-bond acceptors (Lipinski definition) is 4. The first-order chi connectivity index (χ1) is 8.34. The summed E-state index contributed by atoms with van der Waals surface area (Å²) in [5.74, 6) is -1.79. The standard InChI is InChI=1S/C10H15N3O4S/c1-7-5-13(6-8(7)10(14)15)18(16,17)9-3-4-11-12(9)2/h3-4,7-8H,5-6H2,1-2H3,(H,14,15). The van der Waals surface area contributed by atoms with E-state index in [-0.39, 0.29) is 24.0 Å². The second-order valence-corrected chi connectivity index (χ2v) is 6.42. The summed E-state index contributed by atoms with van der Waals surface area (Å²) in [6.07, 6.45) is 1.40. The van der Waals surface area contributed by atoms with Crippen LogP contribution in [0, 0.1) is 11.8 Å². The van der Waals surface area contributed by atoms with Gasteiger partial charge < -0.3 is 5.11 Å². The third-order valence-electron chi connectivity index (χ3n) is 3.28. The molecule has 0 saturated carbocycles. The SMILES string of the molecule is CC1CN(S(=O)(=O)c2ccnn2C)CC1C(=O)O. The van der Waals surface area contributed by atoms with Crippen LogP contribution in [0.3, 0.4) is 0 Å². The average molecular weight is 273 g/mol. The fourth-order valence-electron chi connectivity index (χ4n) is 2.19. The third kappa shape index (κ3) is 2.01. The van der Waals surface area contributed by atoms with Crippen LogP contribution in [0.2, 0.25) is 0 Å². The highest BCUT2D eigenvalue weighted by molar-refractivity contribution is 7.89. The number of nitrogens with zero attached hydrogens (tertiary/aromatic N) is 3. The van der Waals surface area contributed by atoms with Crippen molar-refractivity contribution in [3.63, 3.8) is 0 Å². The van der Waals surface area contributed by atoms with E-state index in [1.807, 2.05) is 0 Å². The predicted octanol–water partition coefficient (Wildman–Crippen LogP) is -0.239. The molecular weight excluding hydrogens is 258 g/mol. The molecule has 1 aliphatic heterocycles. The maximum absolute atomic E-state index is 12.3. The van der Waals surface area contributed by atoms with Gasteiger partial charge in [-0.3, -0.25) is 9.48 Å². The number of sulfonamides is 1. The fraction of sp³-hybridized carbons (Fsp3) is 0.600. The molecular formula is C10H15N3O4S. The second-order valence-electron chi connectivity index (χ2n) is 4.54. The summed E-state index contributed by atoms with van der Waals surface area (Å²) >= 11 is 0. The molecule has 1 aliphatic rings. The van der Waals surface area contributed by atoms with Gasteiger partial charge in [0.2, 0.25) is 0 Å². The molecule has 8 heteroatoms. The van der Waals surface area contributed by atoms with Crippen LogP contribution < -0.4 is 0 Å². The van der Waals surface area contributed by atoms with Crippen molar-refractivity contribution in [3.8, 4) is 0 Å². The van der Waals surface area contributed by atoms with Crippen LogP contribution in [0.15, 0.2) is 17.3 Å². The number of aryl methyl sites for hydroxylation is 1. The molecule has 0 bridgehead atoms. The molecule has 1 saturated heterocycles. The van der Waals surface area contributed by atoms with Crippen molar-refractivity contribution in [3.05, 3.63) is 12.3 Å². The van der Waals surface area contributed by atoms with Crippen molar-refractivity contribution < 1.29 is 18.3 Å². The zero-order valence-corrected chi connectivity index (χ0v) is 11.0. The van der Waals surface area contributed by atoms with E-state index in [0.717, 1.165) is 0 Å². The van der Waals surface area contributed by atoms with Gasteiger partial charge in [-0.25, -0.2) is 8.42 Å². The van der Waals surface area contributed by atoms with E-state index in [0.29, 0.717) is 0 Å². The van der Waals surface area contributed by atoms with Gasteiger partial charge in [-0.2, -0.15) is 9.40 Å². The monoisotopic (exact) mass is 273 g/mol. The van der Waals surface area contributed by atoms with Gasteiger partial charge in [0.25, 0.3) is 10.0 Å². The Labute approximate surface area is 105 Å². The normalized spacial score (nSPS) is 25.4. The van der Waals surface area contributed by atoms with Gasteiger partial charge in [-0.05, 0) is 12.0 Å². The van der Waals surface area contributed by atoms with Crippen molar-refractivity contribution in [1.29, 1.82) is 0 Å². The van der Waals surface area contributed by atoms with E-state index in [1.165, 1.54) is 21.3 Å². The molecule has 1 aromatic rings. The van der Waals surface area contributed by atoms with E-state index < -0.39 is 21.9 Å². The Morgan fingerprint density at radius 3 is 2.61 bits per heavy atom. The zero-order valence-electron chi connectivity index (χ0n) is 10.1. The van der Waals surface area contributed by atoms with E-state index in [2.05, 4.69) is 5.10 Å². The molecule has 18 heavy (non-hydrogen) atoms. The topological polar surface area (TPSA) is 92.5 Å². The minimum Gasteiger partial charge on any atom is -0.481 e. The Hall–Kier alpha value is -1.41. The Balaban J connectivity index is 2.29. The molecule has 0 aromatic carbocycles. The number of carboxylic acids is 1. The summed E-state index contributed by atoms with van der Waals surface area (Å²) in [7, 11) is -2.11. The smallest absolute Gasteiger partial charge is 0.308 e. The summed E-state index contributed by atoms with van der Waals surface area (Å²) in [6, 6.07) is 1.41. The Kier molecular flexibility index (Phi) is 3.16. The summed E-state index contributed by atoms with van der Waals surface area (Å²) < 4.78 is 27.1. The molecule has 0 radical (unpaired) electrons. The van der Waals surface area contributed by atoms with Gasteiger partial charge in [0.1, 0.15) is 0 Å². The lowest BCUT2D eigenvalue weighted by atomic mass is 9.99. The van der Waals surface area contributed by atoms with E-state index >= 15 is 0 Å². The summed E-state index contributed by atoms with van der Waals surface area (Å²) in [4.78, 5) is 11.0. The Morgan fingerprint density at radius 1 is 1.50 bits per heavy atom. The van der Waals surface area contributed by atoms with Gasteiger partial charge in [0.15, 0.2) is 5.03 Å². The molecule has 2 unspecified atom stereocenters. The van der Waals surface area contributed by atoms with Crippen LogP contribution in [-0.4, -0.2) is 46.7 Å². The molecule has 1 N–H and O–H groups in total. The second kappa shape index (κ2) is 4.36. The number of aliphatic carboxylic acids is 1. The maximum Gasteiger partial charge on any atom is 0.308 e. The third-order valence-corrected chi connectivity index (χ3v) is 5.18. The first-order valence-corrected chi connectivity index (χ1v) is 6.99. The van der Waals surface area contributed by atoms with Crippen LogP contribution >= 0.6 is 0 Å². The van der Waals surface area contributed by atoms with Crippen molar-refractivity contribution in [2.24, 2.45) is 18.9 Å². The highest BCUT2D eigenvalue weighted by atomic mass is 32.2. The van der Waals surface area contributed by atoms with Crippen LogP contribution in [-0.2, 0) is 21.9 Å². The first-order valence-electron chi connectivity index (χ1n) is 5.55. The zero-order chi connectivity index (χ0) is 13.5. The van der Waals surface area contributed by atoms with E-state index in [1.54, 1.807) is 14.0 Å². The summed E-state index contributed by atoms with van der Waals surface area (Å²) in [6.45, 7) is 1.99. The largest absolute Gasteiger partial charge is 0.481 e. The van der Waals surface area contributed by atoms with Gasteiger partial charge in [0, 0.05) is 20.1 Å². The van der Waals surface area contributed by atoms with Crippen LogP contribution in [0.25, 0.3) is 0 Å². The average Bonchev–Trinajstić information content (AvgIpc) is 2.84. The fourth-order valence-corrected chi connectivity index (χ4v) is 3.85. The summed E-state index contributed by atoms with van der Waals surface area (Å²) in [5, 5.41) is 12.9. The Bertz CT molecular complexity index is 565. The highest BCUT2D eigenvalue weighted by Gasteiger charge is 2.41. The van der Waals surface area contributed by atoms with Crippen LogP contribution in [0.1, 0.15) is 6.92 Å². The van der Waals surface area contributed by atoms with Gasteiger partial charge in [-0.15, -0.1) is 0 Å². The van der Waals surface area contributed by atoms with Crippen molar-refractivity contribution in [2.75, 3.05) is 13.1 Å². The van der Waals surface area contributed by atoms with E-state index in [4.69, 9.17) is 5.11 Å². The molecule has 2 rings (SSSR count). The van der Waals surface area contributed by atoms with Crippen LogP contribution in [0.4, 0.5) is 0 Å². The van der Waals surface area contributed by atoms with Crippen molar-refractivity contribution >= 4 is 16.0 Å². The van der Waals surface area contributed by atoms with Gasteiger partial charge >= 0.3 is 5.97 Å². The number of carbonyl (C=O) groups is 1. The minimum absolute atomic E-state index is 0.0179. The van der Waals surface area contributed by atoms with Gasteiger partial charge in [-0.1, -0.05) is 6.92 Å². The Morgan fingerprint density at radius 2 is 2.17 bits per heavy atom. The van der Waals surface area contributed by atoms with Crippen LogP contribution in [0.5, 0.6) is 0 Å². The van der Waals surface area contributed by atoms with E-state index in [9.17, 15) is 13.2 Å². The quantitative estimate of drug-likeness (QED) is 0.820. The number of aromatic nitrogens is 2. The molecule has 0 spiro atoms. The molecule has 7 nitrogen and oxygen atoms in total. The molecule has 1 fully saturated rings. The highest BCUT2D eigenvalue weighted by Crippen LogP contribution is 2.28. The number of carboxylic acid groups (broad SMARTS) is 1. The van der Waals surface area contributed by atoms with Crippen molar-refractivity contribution in [2.45, 2.75) is 11.9 Å². The van der Waals surface area contributed by atoms with Crippen molar-refractivity contribution in [1.82, 2.24) is 14.1 Å². The minimum atomic E-state index is -3.65. The molecule has 1 aromatic heterocycles. The molecule has 100 valence electrons. The summed E-state index contributed by atoms with van der Waals surface area (Å²) in [5.41, 5.74) is 0. The lowest BCUT2D eigenvalue weighted by Gasteiger charge is -2.15. The number of hydrogen-bond donors (Lipinski definition) is 1. The lowest BCUT2D eigenvalue weighted by molar-refractivity contribution is -0.142. The molecule has 0 aliphatic carbocycles. The molecule has 2 atom stereocenters.